The molecule has 0 bridgehead atoms. The van der Waals surface area contributed by atoms with Crippen LogP contribution < -0.4 is 5.43 Å². The third-order valence-corrected chi connectivity index (χ3v) is 3.66. The minimum absolute atomic E-state index is 0.159. The topological polar surface area (TPSA) is 61.7 Å². The van der Waals surface area contributed by atoms with Crippen molar-refractivity contribution in [3.8, 4) is 0 Å². The van der Waals surface area contributed by atoms with Crippen molar-refractivity contribution in [3.63, 3.8) is 0 Å². The molecule has 2 rings (SSSR count). The average molecular weight is 317 g/mol. The predicted octanol–water partition coefficient (Wildman–Crippen LogP) is 4.49. The van der Waals surface area contributed by atoms with Gasteiger partial charge in [0.2, 0.25) is 0 Å². The van der Waals surface area contributed by atoms with E-state index in [0.29, 0.717) is 10.7 Å². The highest BCUT2D eigenvalue weighted by molar-refractivity contribution is 6.33. The molecule has 0 aliphatic carbocycles. The molecule has 0 saturated carbocycles. The van der Waals surface area contributed by atoms with Gasteiger partial charge < -0.3 is 5.11 Å². The fourth-order valence-electron chi connectivity index (χ4n) is 2.17. The van der Waals surface area contributed by atoms with Crippen LogP contribution in [0.25, 0.3) is 0 Å². The zero-order valence-corrected chi connectivity index (χ0v) is 13.4. The molecule has 0 radical (unpaired) electrons. The maximum absolute atomic E-state index is 11.0. The lowest BCUT2D eigenvalue weighted by Crippen LogP contribution is -2.03. The molecule has 0 saturated heterocycles. The van der Waals surface area contributed by atoms with E-state index in [1.165, 1.54) is 23.8 Å². The van der Waals surface area contributed by atoms with Crippen LogP contribution in [0.3, 0.4) is 0 Å². The summed E-state index contributed by atoms with van der Waals surface area (Å²) >= 11 is 6.06. The number of aryl methyl sites for hydroxylation is 2. The lowest BCUT2D eigenvalue weighted by molar-refractivity contribution is 0.0697. The normalized spacial score (nSPS) is 11.4. The number of halogens is 1. The maximum Gasteiger partial charge on any atom is 0.335 e. The van der Waals surface area contributed by atoms with Gasteiger partial charge in [-0.15, -0.1) is 0 Å². The van der Waals surface area contributed by atoms with E-state index in [9.17, 15) is 4.79 Å². The maximum atomic E-state index is 11.0. The first-order chi connectivity index (χ1) is 10.4. The number of benzene rings is 2. The largest absolute Gasteiger partial charge is 0.478 e. The Kier molecular flexibility index (Phi) is 4.83. The second-order valence-electron chi connectivity index (χ2n) is 5.13. The molecule has 0 atom stereocenters. The Morgan fingerprint density at radius 3 is 2.55 bits per heavy atom. The second kappa shape index (κ2) is 6.62. The van der Waals surface area contributed by atoms with Gasteiger partial charge in [-0.2, -0.15) is 5.10 Å². The predicted molar refractivity (Wildman–Crippen MR) is 90.2 cm³/mol. The van der Waals surface area contributed by atoms with E-state index >= 15 is 0 Å². The summed E-state index contributed by atoms with van der Waals surface area (Å²) in [6, 6.07) is 10.6. The number of carbonyl (C=O) groups is 1. The molecular formula is C17H17ClN2O2. The van der Waals surface area contributed by atoms with Crippen molar-refractivity contribution < 1.29 is 9.90 Å². The quantitative estimate of drug-likeness (QED) is 0.645. The molecule has 0 heterocycles. The number of nitrogens with zero attached hydrogens (tertiary/aromatic N) is 1. The van der Waals surface area contributed by atoms with Crippen molar-refractivity contribution in [2.45, 2.75) is 20.8 Å². The van der Waals surface area contributed by atoms with Crippen LogP contribution in [0.1, 0.15) is 34.0 Å². The summed E-state index contributed by atoms with van der Waals surface area (Å²) < 4.78 is 0. The van der Waals surface area contributed by atoms with Gasteiger partial charge in [0, 0.05) is 5.56 Å². The standard InChI is InChI=1S/C17H17ClN2O2/c1-10-4-6-14(11(2)8-10)12(3)19-20-16-9-13(17(21)22)5-7-15(16)18/h4-9,20H,1-3H3,(H,21,22)/b19-12-. The number of aromatic carboxylic acids is 1. The molecular weight excluding hydrogens is 300 g/mol. The van der Waals surface area contributed by atoms with Crippen LogP contribution in [-0.4, -0.2) is 16.8 Å². The molecule has 2 N–H and O–H groups in total. The first-order valence-corrected chi connectivity index (χ1v) is 7.17. The van der Waals surface area contributed by atoms with Gasteiger partial charge in [0.15, 0.2) is 0 Å². The summed E-state index contributed by atoms with van der Waals surface area (Å²) in [6.07, 6.45) is 0. The van der Waals surface area contributed by atoms with Crippen LogP contribution in [0.2, 0.25) is 5.02 Å². The van der Waals surface area contributed by atoms with Crippen LogP contribution >= 0.6 is 11.6 Å². The van der Waals surface area contributed by atoms with Gasteiger partial charge in [0.1, 0.15) is 0 Å². The molecule has 0 amide bonds. The number of nitrogens with one attached hydrogen (secondary N) is 1. The van der Waals surface area contributed by atoms with E-state index in [1.54, 1.807) is 0 Å². The van der Waals surface area contributed by atoms with Crippen LogP contribution in [0.15, 0.2) is 41.5 Å². The van der Waals surface area contributed by atoms with Crippen molar-refractivity contribution in [2.75, 3.05) is 5.43 Å². The third kappa shape index (κ3) is 3.65. The Morgan fingerprint density at radius 1 is 1.18 bits per heavy atom. The van der Waals surface area contributed by atoms with Crippen molar-refractivity contribution >= 4 is 29.0 Å². The number of hydrazone groups is 1. The van der Waals surface area contributed by atoms with Gasteiger partial charge in [-0.1, -0.05) is 35.4 Å². The molecule has 22 heavy (non-hydrogen) atoms. The first-order valence-electron chi connectivity index (χ1n) is 6.79. The summed E-state index contributed by atoms with van der Waals surface area (Å²) in [5.41, 5.74) is 7.62. The Bertz CT molecular complexity index is 754. The number of hydrogen-bond donors (Lipinski definition) is 2. The van der Waals surface area contributed by atoms with E-state index in [-0.39, 0.29) is 5.56 Å². The summed E-state index contributed by atoms with van der Waals surface area (Å²) in [5.74, 6) is -1.00. The number of rotatable bonds is 4. The molecule has 0 unspecified atom stereocenters. The molecule has 2 aromatic rings. The zero-order chi connectivity index (χ0) is 16.3. The smallest absolute Gasteiger partial charge is 0.335 e. The summed E-state index contributed by atoms with van der Waals surface area (Å²) in [7, 11) is 0. The number of hydrogen-bond acceptors (Lipinski definition) is 3. The Hall–Kier alpha value is -2.33. The average Bonchev–Trinajstić information content (AvgIpc) is 2.45. The SMILES string of the molecule is C/C(=N/Nc1cc(C(=O)O)ccc1Cl)c1ccc(C)cc1C. The highest BCUT2D eigenvalue weighted by Crippen LogP contribution is 2.23. The molecule has 5 heteroatoms. The number of carboxylic acids is 1. The summed E-state index contributed by atoms with van der Waals surface area (Å²) in [5, 5.41) is 13.7. The second-order valence-corrected chi connectivity index (χ2v) is 5.53. The van der Waals surface area contributed by atoms with E-state index < -0.39 is 5.97 Å². The lowest BCUT2D eigenvalue weighted by atomic mass is 10.0. The Labute approximate surface area is 134 Å². The zero-order valence-electron chi connectivity index (χ0n) is 12.6. The molecule has 0 aromatic heterocycles. The number of anilines is 1. The van der Waals surface area contributed by atoms with Crippen molar-refractivity contribution in [3.05, 3.63) is 63.7 Å². The van der Waals surface area contributed by atoms with Crippen LogP contribution in [0, 0.1) is 13.8 Å². The van der Waals surface area contributed by atoms with Gasteiger partial charge >= 0.3 is 5.97 Å². The van der Waals surface area contributed by atoms with Gasteiger partial charge in [-0.25, -0.2) is 4.79 Å². The van der Waals surface area contributed by atoms with Crippen molar-refractivity contribution in [1.82, 2.24) is 0 Å². The minimum atomic E-state index is -1.00. The van der Waals surface area contributed by atoms with Gasteiger partial charge in [0.25, 0.3) is 0 Å². The minimum Gasteiger partial charge on any atom is -0.478 e. The van der Waals surface area contributed by atoms with Crippen LogP contribution in [0.4, 0.5) is 5.69 Å². The Balaban J connectivity index is 2.27. The number of carboxylic acid groups (broad SMARTS) is 1. The van der Waals surface area contributed by atoms with Crippen molar-refractivity contribution in [2.24, 2.45) is 5.10 Å². The van der Waals surface area contributed by atoms with E-state index in [2.05, 4.69) is 16.6 Å². The summed E-state index contributed by atoms with van der Waals surface area (Å²) in [4.78, 5) is 11.0. The molecule has 0 aliphatic rings. The molecule has 0 fully saturated rings. The van der Waals surface area contributed by atoms with Gasteiger partial charge in [0.05, 0.1) is 22.0 Å². The highest BCUT2D eigenvalue weighted by Gasteiger charge is 2.07. The van der Waals surface area contributed by atoms with E-state index in [4.69, 9.17) is 16.7 Å². The summed E-state index contributed by atoms with van der Waals surface area (Å²) in [6.45, 7) is 5.96. The first kappa shape index (κ1) is 16.0. The fourth-order valence-corrected chi connectivity index (χ4v) is 2.33. The molecule has 2 aromatic carbocycles. The van der Waals surface area contributed by atoms with Gasteiger partial charge in [-0.3, -0.25) is 5.43 Å². The monoisotopic (exact) mass is 316 g/mol. The van der Waals surface area contributed by atoms with Crippen LogP contribution in [-0.2, 0) is 0 Å². The van der Waals surface area contributed by atoms with E-state index in [1.807, 2.05) is 32.9 Å². The molecule has 114 valence electrons. The molecule has 0 aliphatic heterocycles. The molecule has 0 spiro atoms. The van der Waals surface area contributed by atoms with Gasteiger partial charge in [-0.05, 0) is 44.5 Å². The van der Waals surface area contributed by atoms with Crippen molar-refractivity contribution in [1.29, 1.82) is 0 Å². The van der Waals surface area contributed by atoms with E-state index in [0.717, 1.165) is 16.8 Å². The highest BCUT2D eigenvalue weighted by atomic mass is 35.5. The third-order valence-electron chi connectivity index (χ3n) is 3.33. The lowest BCUT2D eigenvalue weighted by Gasteiger charge is -2.09. The fraction of sp³-hybridized carbons (Fsp3) is 0.176. The Morgan fingerprint density at radius 2 is 1.91 bits per heavy atom. The molecule has 4 nitrogen and oxygen atoms in total. The van der Waals surface area contributed by atoms with Crippen LogP contribution in [0.5, 0.6) is 0 Å².